The van der Waals surface area contributed by atoms with Crippen LogP contribution in [0.1, 0.15) is 18.1 Å². The van der Waals surface area contributed by atoms with E-state index in [1.54, 1.807) is 31.2 Å². The second-order valence-corrected chi connectivity index (χ2v) is 6.33. The first-order valence-corrected chi connectivity index (χ1v) is 8.59. The first-order chi connectivity index (χ1) is 13.6. The number of carbonyl (C=O) groups excluding carboxylic acids is 2. The third kappa shape index (κ3) is 5.80. The standard InChI is InChI=1S/C20H19F3N4O2/c1-13(19(29)26-16-9-5-3-7-14(16)11-24)27(2)12-18(28)25-17-10-6-4-8-15(17)20(21,22)23/h3-10,13H,12H2,1-2H3,(H,25,28)(H,26,29)/t13-/m0/s1. The Balaban J connectivity index is 2.01. The molecule has 0 aliphatic carbocycles. The van der Waals surface area contributed by atoms with Gasteiger partial charge in [-0.25, -0.2) is 0 Å². The molecule has 2 N–H and O–H groups in total. The molecule has 0 aliphatic heterocycles. The number of rotatable bonds is 6. The number of alkyl halides is 3. The van der Waals surface area contributed by atoms with Crippen LogP contribution in [-0.2, 0) is 15.8 Å². The molecule has 2 rings (SSSR count). The molecule has 0 fully saturated rings. The summed E-state index contributed by atoms with van der Waals surface area (Å²) in [5, 5.41) is 13.9. The van der Waals surface area contributed by atoms with Crippen molar-refractivity contribution in [2.24, 2.45) is 0 Å². The summed E-state index contributed by atoms with van der Waals surface area (Å²) in [6, 6.07) is 12.3. The lowest BCUT2D eigenvalue weighted by Gasteiger charge is -2.24. The molecule has 0 saturated carbocycles. The summed E-state index contributed by atoms with van der Waals surface area (Å²) in [5.74, 6) is -1.15. The van der Waals surface area contributed by atoms with Crippen LogP contribution in [0.5, 0.6) is 0 Å². The second kappa shape index (κ2) is 9.21. The maximum absolute atomic E-state index is 13.0. The quantitative estimate of drug-likeness (QED) is 0.772. The Hall–Kier alpha value is -3.38. The van der Waals surface area contributed by atoms with Crippen molar-refractivity contribution in [3.8, 4) is 6.07 Å². The number of carbonyl (C=O) groups is 2. The van der Waals surface area contributed by atoms with Crippen LogP contribution in [0.4, 0.5) is 24.5 Å². The highest BCUT2D eigenvalue weighted by atomic mass is 19.4. The van der Waals surface area contributed by atoms with Crippen molar-refractivity contribution in [2.75, 3.05) is 24.2 Å². The van der Waals surface area contributed by atoms with Crippen LogP contribution >= 0.6 is 0 Å². The molecule has 2 aromatic carbocycles. The number of halogens is 3. The average molecular weight is 404 g/mol. The third-order valence-electron chi connectivity index (χ3n) is 4.25. The zero-order chi connectivity index (χ0) is 21.6. The van der Waals surface area contributed by atoms with E-state index >= 15 is 0 Å². The van der Waals surface area contributed by atoms with Crippen LogP contribution < -0.4 is 10.6 Å². The molecule has 1 atom stereocenters. The maximum atomic E-state index is 13.0. The monoisotopic (exact) mass is 404 g/mol. The summed E-state index contributed by atoms with van der Waals surface area (Å²) in [6.07, 6.45) is -4.60. The Bertz CT molecular complexity index is 938. The smallest absolute Gasteiger partial charge is 0.324 e. The van der Waals surface area contributed by atoms with Gasteiger partial charge in [-0.2, -0.15) is 18.4 Å². The molecule has 0 heterocycles. The minimum Gasteiger partial charge on any atom is -0.324 e. The van der Waals surface area contributed by atoms with Crippen molar-refractivity contribution in [3.05, 3.63) is 59.7 Å². The number of amides is 2. The van der Waals surface area contributed by atoms with Gasteiger partial charge >= 0.3 is 6.18 Å². The number of likely N-dealkylation sites (N-methyl/N-ethyl adjacent to an activating group) is 1. The minimum atomic E-state index is -4.60. The van der Waals surface area contributed by atoms with Crippen molar-refractivity contribution in [3.63, 3.8) is 0 Å². The maximum Gasteiger partial charge on any atom is 0.418 e. The van der Waals surface area contributed by atoms with Gasteiger partial charge in [-0.1, -0.05) is 24.3 Å². The van der Waals surface area contributed by atoms with Crippen molar-refractivity contribution >= 4 is 23.2 Å². The molecule has 0 spiro atoms. The second-order valence-electron chi connectivity index (χ2n) is 6.33. The fraction of sp³-hybridized carbons (Fsp3) is 0.250. The van der Waals surface area contributed by atoms with E-state index in [0.717, 1.165) is 12.1 Å². The number of para-hydroxylation sites is 2. The molecule has 29 heavy (non-hydrogen) atoms. The predicted octanol–water partition coefficient (Wildman–Crippen LogP) is 3.47. The molecule has 0 saturated heterocycles. The zero-order valence-corrected chi connectivity index (χ0v) is 15.7. The molecule has 0 bridgehead atoms. The molecule has 0 radical (unpaired) electrons. The topological polar surface area (TPSA) is 85.2 Å². The Morgan fingerprint density at radius 1 is 1.07 bits per heavy atom. The van der Waals surface area contributed by atoms with Crippen LogP contribution in [0.15, 0.2) is 48.5 Å². The number of nitriles is 1. The summed E-state index contributed by atoms with van der Waals surface area (Å²) in [5.41, 5.74) is -0.672. The van der Waals surface area contributed by atoms with E-state index in [1.165, 1.54) is 24.1 Å². The Kier molecular flexibility index (Phi) is 6.96. The number of hydrogen-bond acceptors (Lipinski definition) is 4. The molecular weight excluding hydrogens is 385 g/mol. The van der Waals surface area contributed by atoms with Crippen LogP contribution in [-0.4, -0.2) is 36.3 Å². The summed E-state index contributed by atoms with van der Waals surface area (Å²) in [7, 11) is 1.50. The van der Waals surface area contributed by atoms with Gasteiger partial charge in [0.2, 0.25) is 11.8 Å². The highest BCUT2D eigenvalue weighted by molar-refractivity contribution is 5.97. The van der Waals surface area contributed by atoms with Gasteiger partial charge < -0.3 is 10.6 Å². The molecule has 0 unspecified atom stereocenters. The highest BCUT2D eigenvalue weighted by Gasteiger charge is 2.33. The molecule has 0 aliphatic rings. The lowest BCUT2D eigenvalue weighted by atomic mass is 10.1. The van der Waals surface area contributed by atoms with Crippen LogP contribution in [0.3, 0.4) is 0 Å². The van der Waals surface area contributed by atoms with Crippen molar-refractivity contribution < 1.29 is 22.8 Å². The SMILES string of the molecule is C[C@@H](C(=O)Nc1ccccc1C#N)N(C)CC(=O)Nc1ccccc1C(F)(F)F. The molecule has 0 aromatic heterocycles. The summed E-state index contributed by atoms with van der Waals surface area (Å²) < 4.78 is 39.1. The predicted molar refractivity (Wildman–Crippen MR) is 102 cm³/mol. The van der Waals surface area contributed by atoms with Crippen molar-refractivity contribution in [2.45, 2.75) is 19.1 Å². The summed E-state index contributed by atoms with van der Waals surface area (Å²) >= 11 is 0. The first-order valence-electron chi connectivity index (χ1n) is 8.59. The molecule has 152 valence electrons. The van der Waals surface area contributed by atoms with E-state index in [2.05, 4.69) is 10.6 Å². The van der Waals surface area contributed by atoms with E-state index in [0.29, 0.717) is 5.69 Å². The number of hydrogen-bond donors (Lipinski definition) is 2. The number of nitrogens with zero attached hydrogens (tertiary/aromatic N) is 2. The molecule has 2 amide bonds. The normalized spacial score (nSPS) is 12.2. The highest BCUT2D eigenvalue weighted by Crippen LogP contribution is 2.34. The van der Waals surface area contributed by atoms with Gasteiger partial charge in [-0.15, -0.1) is 0 Å². The fourth-order valence-corrected chi connectivity index (χ4v) is 2.52. The Morgan fingerprint density at radius 2 is 1.66 bits per heavy atom. The fourth-order valence-electron chi connectivity index (χ4n) is 2.52. The first kappa shape index (κ1) is 21.9. The van der Waals surface area contributed by atoms with E-state index in [4.69, 9.17) is 5.26 Å². The molecule has 2 aromatic rings. The van der Waals surface area contributed by atoms with Crippen molar-refractivity contribution in [1.82, 2.24) is 4.90 Å². The lowest BCUT2D eigenvalue weighted by Crippen LogP contribution is -2.43. The average Bonchev–Trinajstić information content (AvgIpc) is 2.67. The van der Waals surface area contributed by atoms with E-state index < -0.39 is 29.6 Å². The Morgan fingerprint density at radius 3 is 2.28 bits per heavy atom. The van der Waals surface area contributed by atoms with Crippen LogP contribution in [0, 0.1) is 11.3 Å². The van der Waals surface area contributed by atoms with E-state index in [-0.39, 0.29) is 17.8 Å². The number of anilines is 2. The van der Waals surface area contributed by atoms with Crippen LogP contribution in [0.2, 0.25) is 0 Å². The number of nitrogens with one attached hydrogen (secondary N) is 2. The summed E-state index contributed by atoms with van der Waals surface area (Å²) in [4.78, 5) is 26.0. The third-order valence-corrected chi connectivity index (χ3v) is 4.25. The summed E-state index contributed by atoms with van der Waals surface area (Å²) in [6.45, 7) is 1.24. The largest absolute Gasteiger partial charge is 0.418 e. The lowest BCUT2D eigenvalue weighted by molar-refractivity contribution is -0.137. The van der Waals surface area contributed by atoms with Gasteiger partial charge in [0.1, 0.15) is 6.07 Å². The van der Waals surface area contributed by atoms with Crippen molar-refractivity contribution in [1.29, 1.82) is 5.26 Å². The van der Waals surface area contributed by atoms with Gasteiger partial charge in [0.25, 0.3) is 0 Å². The van der Waals surface area contributed by atoms with Gasteiger partial charge in [0.05, 0.1) is 35.1 Å². The minimum absolute atomic E-state index is 0.289. The van der Waals surface area contributed by atoms with Gasteiger partial charge in [0.15, 0.2) is 0 Å². The number of benzene rings is 2. The van der Waals surface area contributed by atoms with Gasteiger partial charge in [-0.3, -0.25) is 14.5 Å². The Labute approximate surface area is 165 Å². The van der Waals surface area contributed by atoms with Gasteiger partial charge in [0, 0.05) is 0 Å². The van der Waals surface area contributed by atoms with Crippen LogP contribution in [0.25, 0.3) is 0 Å². The van der Waals surface area contributed by atoms with Gasteiger partial charge in [-0.05, 0) is 38.2 Å². The zero-order valence-electron chi connectivity index (χ0n) is 15.7. The molecular formula is C20H19F3N4O2. The molecule has 6 nitrogen and oxygen atoms in total. The van der Waals surface area contributed by atoms with E-state index in [1.807, 2.05) is 6.07 Å². The molecule has 9 heteroatoms. The van der Waals surface area contributed by atoms with E-state index in [9.17, 15) is 22.8 Å².